The van der Waals surface area contributed by atoms with E-state index in [1.165, 1.54) is 0 Å². The fraction of sp³-hybridized carbons (Fsp3) is 0.385. The Morgan fingerprint density at radius 1 is 1.39 bits per heavy atom. The van der Waals surface area contributed by atoms with Gasteiger partial charge in [0.05, 0.1) is 11.3 Å². The van der Waals surface area contributed by atoms with Crippen LogP contribution in [0.15, 0.2) is 24.3 Å². The van der Waals surface area contributed by atoms with Crippen molar-refractivity contribution in [3.63, 3.8) is 0 Å². The van der Waals surface area contributed by atoms with Crippen molar-refractivity contribution in [2.24, 2.45) is 0 Å². The first-order valence-corrected chi connectivity index (χ1v) is 6.55. The lowest BCUT2D eigenvalue weighted by Crippen LogP contribution is -2.54. The van der Waals surface area contributed by atoms with E-state index in [0.29, 0.717) is 17.8 Å². The molecule has 94 valence electrons. The van der Waals surface area contributed by atoms with Crippen LogP contribution in [0, 0.1) is 0 Å². The summed E-state index contributed by atoms with van der Waals surface area (Å²) in [6.07, 6.45) is 1.60. The van der Waals surface area contributed by atoms with Crippen LogP contribution in [-0.4, -0.2) is 35.3 Å². The summed E-state index contributed by atoms with van der Waals surface area (Å²) < 4.78 is 0. The summed E-state index contributed by atoms with van der Waals surface area (Å²) in [4.78, 5) is 27.8. The van der Waals surface area contributed by atoms with Crippen molar-refractivity contribution in [3.8, 4) is 0 Å². The van der Waals surface area contributed by atoms with Gasteiger partial charge >= 0.3 is 0 Å². The Morgan fingerprint density at radius 2 is 2.17 bits per heavy atom. The molecule has 0 saturated carbocycles. The highest BCUT2D eigenvalue weighted by Gasteiger charge is 2.42. The minimum Gasteiger partial charge on any atom is -0.318 e. The average molecular weight is 265 g/mol. The van der Waals surface area contributed by atoms with Gasteiger partial charge in [-0.05, 0) is 25.0 Å². The number of carbonyl (C=O) groups excluding carboxylic acids is 2. The zero-order chi connectivity index (χ0) is 12.7. The number of para-hydroxylation sites is 1. The predicted molar refractivity (Wildman–Crippen MR) is 68.7 cm³/mol. The van der Waals surface area contributed by atoms with Crippen molar-refractivity contribution < 1.29 is 9.59 Å². The smallest absolute Gasteiger partial charge is 0.257 e. The van der Waals surface area contributed by atoms with E-state index in [4.69, 9.17) is 11.6 Å². The number of alkyl halides is 1. The molecule has 1 atom stereocenters. The first kappa shape index (κ1) is 11.5. The quantitative estimate of drug-likeness (QED) is 0.726. The van der Waals surface area contributed by atoms with Gasteiger partial charge in [0.25, 0.3) is 5.91 Å². The Labute approximate surface area is 110 Å². The summed E-state index contributed by atoms with van der Waals surface area (Å²) in [5.74, 6) is -0.187. The number of carbonyl (C=O) groups is 2. The molecule has 0 aliphatic carbocycles. The van der Waals surface area contributed by atoms with Gasteiger partial charge < -0.3 is 4.90 Å². The molecule has 2 aliphatic rings. The number of anilines is 1. The molecule has 0 spiro atoms. The summed E-state index contributed by atoms with van der Waals surface area (Å²) in [7, 11) is 0. The SMILES string of the molecule is O=C1c2ccccc2N(C(=O)CCl)[C@@H]2CCCN12. The number of fused-ring (bicyclic) bond motifs is 2. The summed E-state index contributed by atoms with van der Waals surface area (Å²) in [5.41, 5.74) is 1.28. The molecule has 0 bridgehead atoms. The number of hydrogen-bond donors (Lipinski definition) is 0. The molecule has 2 amide bonds. The van der Waals surface area contributed by atoms with Crippen LogP contribution in [0.5, 0.6) is 0 Å². The van der Waals surface area contributed by atoms with Crippen LogP contribution in [0.4, 0.5) is 5.69 Å². The van der Waals surface area contributed by atoms with Crippen LogP contribution in [0.25, 0.3) is 0 Å². The van der Waals surface area contributed by atoms with Gasteiger partial charge in [0, 0.05) is 6.54 Å². The van der Waals surface area contributed by atoms with E-state index in [1.54, 1.807) is 15.9 Å². The molecule has 0 N–H and O–H groups in total. The number of benzene rings is 1. The number of halogens is 1. The van der Waals surface area contributed by atoms with Crippen LogP contribution >= 0.6 is 11.6 Å². The Balaban J connectivity index is 2.14. The first-order chi connectivity index (χ1) is 8.74. The first-order valence-electron chi connectivity index (χ1n) is 6.02. The summed E-state index contributed by atoms with van der Waals surface area (Å²) in [6.45, 7) is 0.712. The molecular weight excluding hydrogens is 252 g/mol. The third-order valence-corrected chi connectivity index (χ3v) is 3.79. The third-order valence-electron chi connectivity index (χ3n) is 3.56. The van der Waals surface area contributed by atoms with E-state index < -0.39 is 0 Å². The number of hydrogen-bond acceptors (Lipinski definition) is 2. The standard InChI is InChI=1S/C13H13ClN2O2/c14-8-12(17)16-10-5-2-1-4-9(10)13(18)15-7-3-6-11(15)16/h1-2,4-5,11H,3,6-8H2/t11-/m1/s1. The molecule has 1 aromatic rings. The fourth-order valence-electron chi connectivity index (χ4n) is 2.80. The molecule has 3 rings (SSSR count). The van der Waals surface area contributed by atoms with Crippen LogP contribution < -0.4 is 4.90 Å². The molecule has 0 radical (unpaired) electrons. The highest BCUT2D eigenvalue weighted by molar-refractivity contribution is 6.30. The molecule has 18 heavy (non-hydrogen) atoms. The van der Waals surface area contributed by atoms with E-state index in [1.807, 2.05) is 18.2 Å². The normalized spacial score (nSPS) is 21.8. The third kappa shape index (κ3) is 1.52. The topological polar surface area (TPSA) is 40.6 Å². The summed E-state index contributed by atoms with van der Waals surface area (Å²) in [5, 5.41) is 0. The molecule has 2 heterocycles. The van der Waals surface area contributed by atoms with E-state index in [2.05, 4.69) is 0 Å². The van der Waals surface area contributed by atoms with E-state index in [0.717, 1.165) is 12.8 Å². The van der Waals surface area contributed by atoms with Crippen molar-refractivity contribution in [1.82, 2.24) is 4.90 Å². The van der Waals surface area contributed by atoms with Gasteiger partial charge in [-0.15, -0.1) is 11.6 Å². The second-order valence-electron chi connectivity index (χ2n) is 4.54. The van der Waals surface area contributed by atoms with Crippen LogP contribution in [0.3, 0.4) is 0 Å². The Morgan fingerprint density at radius 3 is 2.94 bits per heavy atom. The molecular formula is C13H13ClN2O2. The van der Waals surface area contributed by atoms with Crippen LogP contribution in [-0.2, 0) is 4.79 Å². The lowest BCUT2D eigenvalue weighted by Gasteiger charge is -2.40. The molecule has 0 aromatic heterocycles. The van der Waals surface area contributed by atoms with Crippen LogP contribution in [0.2, 0.25) is 0 Å². The van der Waals surface area contributed by atoms with E-state index in [-0.39, 0.29) is 23.9 Å². The van der Waals surface area contributed by atoms with Crippen molar-refractivity contribution in [3.05, 3.63) is 29.8 Å². The van der Waals surface area contributed by atoms with Crippen molar-refractivity contribution in [2.75, 3.05) is 17.3 Å². The van der Waals surface area contributed by atoms with Gasteiger partial charge in [-0.2, -0.15) is 0 Å². The molecule has 4 nitrogen and oxygen atoms in total. The van der Waals surface area contributed by atoms with Gasteiger partial charge in [0.15, 0.2) is 0 Å². The van der Waals surface area contributed by atoms with Gasteiger partial charge in [-0.3, -0.25) is 14.5 Å². The average Bonchev–Trinajstić information content (AvgIpc) is 2.88. The zero-order valence-electron chi connectivity index (χ0n) is 9.80. The molecule has 1 fully saturated rings. The maximum atomic E-state index is 12.3. The van der Waals surface area contributed by atoms with Gasteiger partial charge in [0.1, 0.15) is 12.0 Å². The van der Waals surface area contributed by atoms with Crippen molar-refractivity contribution >= 4 is 29.1 Å². The largest absolute Gasteiger partial charge is 0.318 e. The Kier molecular flexibility index (Phi) is 2.74. The highest BCUT2D eigenvalue weighted by Crippen LogP contribution is 2.35. The number of rotatable bonds is 1. The zero-order valence-corrected chi connectivity index (χ0v) is 10.6. The van der Waals surface area contributed by atoms with Crippen LogP contribution in [0.1, 0.15) is 23.2 Å². The Hall–Kier alpha value is -1.55. The lowest BCUT2D eigenvalue weighted by molar-refractivity contribution is -0.117. The monoisotopic (exact) mass is 264 g/mol. The maximum Gasteiger partial charge on any atom is 0.257 e. The number of nitrogens with zero attached hydrogens (tertiary/aromatic N) is 2. The molecule has 5 heteroatoms. The van der Waals surface area contributed by atoms with Crippen molar-refractivity contribution in [1.29, 1.82) is 0 Å². The molecule has 1 aromatic carbocycles. The second kappa shape index (κ2) is 4.28. The summed E-state index contributed by atoms with van der Waals surface area (Å²) in [6, 6.07) is 7.23. The predicted octanol–water partition coefficient (Wildman–Crippen LogP) is 1.83. The minimum absolute atomic E-state index is 0.0201. The van der Waals surface area contributed by atoms with Gasteiger partial charge in [0.2, 0.25) is 5.91 Å². The maximum absolute atomic E-state index is 12.3. The molecule has 0 unspecified atom stereocenters. The lowest BCUT2D eigenvalue weighted by atomic mass is 10.1. The number of amides is 2. The Bertz CT molecular complexity index is 517. The molecule has 1 saturated heterocycles. The van der Waals surface area contributed by atoms with Gasteiger partial charge in [-0.1, -0.05) is 12.1 Å². The fourth-order valence-corrected chi connectivity index (χ4v) is 2.93. The highest BCUT2D eigenvalue weighted by atomic mass is 35.5. The summed E-state index contributed by atoms with van der Waals surface area (Å²) >= 11 is 5.68. The van der Waals surface area contributed by atoms with Crippen molar-refractivity contribution in [2.45, 2.75) is 19.0 Å². The van der Waals surface area contributed by atoms with E-state index >= 15 is 0 Å². The molecule has 2 aliphatic heterocycles. The second-order valence-corrected chi connectivity index (χ2v) is 4.80. The minimum atomic E-state index is -0.154. The van der Waals surface area contributed by atoms with Gasteiger partial charge in [-0.25, -0.2) is 0 Å². The van der Waals surface area contributed by atoms with E-state index in [9.17, 15) is 9.59 Å².